The highest BCUT2D eigenvalue weighted by Gasteiger charge is 2.29. The number of piperidine rings is 1. The van der Waals surface area contributed by atoms with Gasteiger partial charge in [-0.05, 0) is 45.6 Å². The van der Waals surface area contributed by atoms with Gasteiger partial charge >= 0.3 is 0 Å². The second-order valence-corrected chi connectivity index (χ2v) is 5.36. The first-order valence-corrected chi connectivity index (χ1v) is 5.16. The van der Waals surface area contributed by atoms with E-state index in [1.54, 1.807) is 0 Å². The zero-order valence-electron chi connectivity index (χ0n) is 9.22. The molecule has 1 nitrogen and oxygen atoms in total. The summed E-state index contributed by atoms with van der Waals surface area (Å²) in [4.78, 5) is 2.61. The summed E-state index contributed by atoms with van der Waals surface area (Å²) in [7, 11) is 0. The molecule has 1 heterocycles. The number of rotatable bonds is 0. The molecule has 72 valence electrons. The van der Waals surface area contributed by atoms with Crippen molar-refractivity contribution in [2.75, 3.05) is 13.1 Å². The molecule has 0 aliphatic carbocycles. The Balaban J connectivity index is 2.51. The maximum atomic E-state index is 2.61. The van der Waals surface area contributed by atoms with Gasteiger partial charge in [0.15, 0.2) is 0 Å². The highest BCUT2D eigenvalue weighted by molar-refractivity contribution is 4.83. The lowest BCUT2D eigenvalue weighted by Gasteiger charge is -2.43. The van der Waals surface area contributed by atoms with Crippen molar-refractivity contribution in [3.63, 3.8) is 0 Å². The van der Waals surface area contributed by atoms with Crippen molar-refractivity contribution in [2.45, 2.75) is 46.6 Å². The highest BCUT2D eigenvalue weighted by atomic mass is 15.2. The molecule has 1 fully saturated rings. The Bertz CT molecular complexity index is 146. The van der Waals surface area contributed by atoms with Crippen molar-refractivity contribution in [1.29, 1.82) is 0 Å². The molecule has 0 bridgehead atoms. The fourth-order valence-electron chi connectivity index (χ4n) is 1.87. The Hall–Kier alpha value is -0.0400. The number of hydrogen-bond donors (Lipinski definition) is 0. The van der Waals surface area contributed by atoms with Gasteiger partial charge in [0.05, 0.1) is 0 Å². The van der Waals surface area contributed by atoms with Gasteiger partial charge in [-0.3, -0.25) is 4.90 Å². The third-order valence-corrected chi connectivity index (χ3v) is 3.28. The molecular weight excluding hydrogens is 146 g/mol. The van der Waals surface area contributed by atoms with E-state index in [0.717, 1.165) is 11.8 Å². The Labute approximate surface area is 77.1 Å². The lowest BCUT2D eigenvalue weighted by atomic mass is 9.86. The van der Waals surface area contributed by atoms with E-state index < -0.39 is 0 Å². The standard InChI is InChI=1S/C11H23N/c1-9-6-7-12(8-10(9)2)11(3,4)5/h9-10H,6-8H2,1-5H3/t9-,10+/m1/s1. The molecule has 0 aromatic heterocycles. The van der Waals surface area contributed by atoms with Crippen molar-refractivity contribution >= 4 is 0 Å². The minimum absolute atomic E-state index is 0.369. The summed E-state index contributed by atoms with van der Waals surface area (Å²) in [5, 5.41) is 0. The molecule has 0 aromatic rings. The molecule has 0 spiro atoms. The Kier molecular flexibility index (Phi) is 2.82. The zero-order chi connectivity index (χ0) is 9.35. The van der Waals surface area contributed by atoms with Gasteiger partial charge in [-0.25, -0.2) is 0 Å². The molecular formula is C11H23N. The van der Waals surface area contributed by atoms with Gasteiger partial charge < -0.3 is 0 Å². The van der Waals surface area contributed by atoms with Gasteiger partial charge in [-0.15, -0.1) is 0 Å². The number of hydrogen-bond acceptors (Lipinski definition) is 1. The van der Waals surface area contributed by atoms with Crippen molar-refractivity contribution in [1.82, 2.24) is 4.90 Å². The lowest BCUT2D eigenvalue weighted by Crippen LogP contribution is -2.48. The van der Waals surface area contributed by atoms with Crippen LogP contribution in [0.4, 0.5) is 0 Å². The first-order chi connectivity index (χ1) is 5.41. The van der Waals surface area contributed by atoms with Gasteiger partial charge in [0.2, 0.25) is 0 Å². The van der Waals surface area contributed by atoms with Crippen molar-refractivity contribution < 1.29 is 0 Å². The molecule has 12 heavy (non-hydrogen) atoms. The largest absolute Gasteiger partial charge is 0.298 e. The lowest BCUT2D eigenvalue weighted by molar-refractivity contribution is 0.0584. The molecule has 1 aliphatic heterocycles. The van der Waals surface area contributed by atoms with E-state index in [1.165, 1.54) is 19.5 Å². The molecule has 1 heteroatoms. The fourth-order valence-corrected chi connectivity index (χ4v) is 1.87. The van der Waals surface area contributed by atoms with Crippen molar-refractivity contribution in [3.8, 4) is 0 Å². The minimum atomic E-state index is 0.369. The second-order valence-electron chi connectivity index (χ2n) is 5.36. The predicted molar refractivity (Wildman–Crippen MR) is 54.3 cm³/mol. The Morgan fingerprint density at radius 3 is 2.08 bits per heavy atom. The van der Waals surface area contributed by atoms with Gasteiger partial charge in [0.1, 0.15) is 0 Å². The molecule has 1 saturated heterocycles. The summed E-state index contributed by atoms with van der Waals surface area (Å²) in [5.41, 5.74) is 0.369. The second kappa shape index (κ2) is 3.37. The van der Waals surface area contributed by atoms with Crippen molar-refractivity contribution in [3.05, 3.63) is 0 Å². The molecule has 0 unspecified atom stereocenters. The molecule has 0 N–H and O–H groups in total. The van der Waals surface area contributed by atoms with Crippen LogP contribution in [0.1, 0.15) is 41.0 Å². The van der Waals surface area contributed by atoms with Crippen LogP contribution in [0.15, 0.2) is 0 Å². The third-order valence-electron chi connectivity index (χ3n) is 3.28. The van der Waals surface area contributed by atoms with E-state index in [4.69, 9.17) is 0 Å². The summed E-state index contributed by atoms with van der Waals surface area (Å²) in [6, 6.07) is 0. The highest BCUT2D eigenvalue weighted by Crippen LogP contribution is 2.27. The van der Waals surface area contributed by atoms with Crippen LogP contribution >= 0.6 is 0 Å². The first kappa shape index (κ1) is 10.0. The topological polar surface area (TPSA) is 3.24 Å². The van der Waals surface area contributed by atoms with Crippen LogP contribution < -0.4 is 0 Å². The predicted octanol–water partition coefficient (Wildman–Crippen LogP) is 2.76. The van der Waals surface area contributed by atoms with Crippen LogP contribution in [0.5, 0.6) is 0 Å². The van der Waals surface area contributed by atoms with E-state index in [1.807, 2.05) is 0 Å². The molecule has 0 saturated carbocycles. The molecule has 1 rings (SSSR count). The minimum Gasteiger partial charge on any atom is -0.298 e. The summed E-state index contributed by atoms with van der Waals surface area (Å²) in [5.74, 6) is 1.79. The van der Waals surface area contributed by atoms with Gasteiger partial charge in [0.25, 0.3) is 0 Å². The van der Waals surface area contributed by atoms with Crippen LogP contribution in [0.2, 0.25) is 0 Å². The van der Waals surface area contributed by atoms with E-state index in [-0.39, 0.29) is 0 Å². The smallest absolute Gasteiger partial charge is 0.0125 e. The number of nitrogens with zero attached hydrogens (tertiary/aromatic N) is 1. The van der Waals surface area contributed by atoms with Crippen LogP contribution in [0.25, 0.3) is 0 Å². The molecule has 0 amide bonds. The van der Waals surface area contributed by atoms with Crippen molar-refractivity contribution in [2.24, 2.45) is 11.8 Å². The monoisotopic (exact) mass is 169 g/mol. The first-order valence-electron chi connectivity index (χ1n) is 5.16. The van der Waals surface area contributed by atoms with Gasteiger partial charge in [0, 0.05) is 12.1 Å². The fraction of sp³-hybridized carbons (Fsp3) is 1.00. The zero-order valence-corrected chi connectivity index (χ0v) is 9.22. The summed E-state index contributed by atoms with van der Waals surface area (Å²) in [6.07, 6.45) is 1.37. The normalized spacial score (nSPS) is 33.8. The van der Waals surface area contributed by atoms with E-state index >= 15 is 0 Å². The molecule has 0 radical (unpaired) electrons. The Morgan fingerprint density at radius 2 is 1.67 bits per heavy atom. The Morgan fingerprint density at radius 1 is 1.08 bits per heavy atom. The molecule has 0 aromatic carbocycles. The van der Waals surface area contributed by atoms with E-state index in [9.17, 15) is 0 Å². The van der Waals surface area contributed by atoms with Crippen LogP contribution in [0.3, 0.4) is 0 Å². The summed E-state index contributed by atoms with van der Waals surface area (Å²) < 4.78 is 0. The number of likely N-dealkylation sites (tertiary alicyclic amines) is 1. The average Bonchev–Trinajstić information content (AvgIpc) is 1.92. The SMILES string of the molecule is C[C@@H]1CCN(C(C)(C)C)C[C@@H]1C. The molecule has 1 aliphatic rings. The van der Waals surface area contributed by atoms with Crippen LogP contribution in [-0.4, -0.2) is 23.5 Å². The van der Waals surface area contributed by atoms with Gasteiger partial charge in [-0.1, -0.05) is 13.8 Å². The third kappa shape index (κ3) is 2.22. The maximum Gasteiger partial charge on any atom is 0.0125 e. The molecule has 2 atom stereocenters. The average molecular weight is 169 g/mol. The maximum absolute atomic E-state index is 2.61. The quantitative estimate of drug-likeness (QED) is 0.539. The van der Waals surface area contributed by atoms with Gasteiger partial charge in [-0.2, -0.15) is 0 Å². The summed E-state index contributed by atoms with van der Waals surface area (Å²) >= 11 is 0. The van der Waals surface area contributed by atoms with E-state index in [0.29, 0.717) is 5.54 Å². The summed E-state index contributed by atoms with van der Waals surface area (Å²) in [6.45, 7) is 14.3. The van der Waals surface area contributed by atoms with Crippen LogP contribution in [0, 0.1) is 11.8 Å². The van der Waals surface area contributed by atoms with Crippen LogP contribution in [-0.2, 0) is 0 Å². The van der Waals surface area contributed by atoms with E-state index in [2.05, 4.69) is 39.5 Å².